The third-order valence-electron chi connectivity index (χ3n) is 3.51. The summed E-state index contributed by atoms with van der Waals surface area (Å²) in [5.74, 6) is 0.733. The molecule has 2 aromatic heterocycles. The maximum atomic E-state index is 11.9. The van der Waals surface area contributed by atoms with Crippen molar-refractivity contribution in [3.05, 3.63) is 54.9 Å². The Hall–Kier alpha value is -2.41. The minimum absolute atomic E-state index is 0.0171. The van der Waals surface area contributed by atoms with Crippen molar-refractivity contribution in [2.45, 2.75) is 16.6 Å². The highest BCUT2D eigenvalue weighted by Gasteiger charge is 2.16. The summed E-state index contributed by atoms with van der Waals surface area (Å²) >= 11 is 0. The van der Waals surface area contributed by atoms with Crippen LogP contribution in [0.2, 0.25) is 0 Å². The fraction of sp³-hybridized carbons (Fsp3) is 0.250. The molecular formula is C16H20ClN5O5S2. The number of methoxy groups -OCH3 is 1. The van der Waals surface area contributed by atoms with E-state index in [1.54, 1.807) is 50.0 Å². The summed E-state index contributed by atoms with van der Waals surface area (Å²) in [4.78, 5) is 7.35. The number of rotatable bonds is 6. The molecule has 3 rings (SSSR count). The molecule has 0 bridgehead atoms. The van der Waals surface area contributed by atoms with E-state index in [1.165, 1.54) is 29.6 Å². The SMILES string of the molecule is COc1ccc(CNS(=O)(=O)c2cn(C)cn2)cc1.Cn1cnc(S(=O)(=O)Cl)c1. The molecule has 0 saturated carbocycles. The van der Waals surface area contributed by atoms with E-state index in [4.69, 9.17) is 15.4 Å². The fourth-order valence-electron chi connectivity index (χ4n) is 2.04. The van der Waals surface area contributed by atoms with Gasteiger partial charge in [-0.3, -0.25) is 0 Å². The molecule has 0 unspecified atom stereocenters. The molecule has 3 aromatic rings. The molecule has 0 aliphatic carbocycles. The Morgan fingerprint density at radius 3 is 1.86 bits per heavy atom. The molecule has 0 radical (unpaired) electrons. The number of nitrogens with zero attached hydrogens (tertiary/aromatic N) is 4. The number of hydrogen-bond donors (Lipinski definition) is 1. The summed E-state index contributed by atoms with van der Waals surface area (Å²) < 4.78 is 55.6. The predicted molar refractivity (Wildman–Crippen MR) is 106 cm³/mol. The first-order valence-electron chi connectivity index (χ1n) is 8.04. The molecule has 0 fully saturated rings. The summed E-state index contributed by atoms with van der Waals surface area (Å²) in [5.41, 5.74) is 0.848. The van der Waals surface area contributed by atoms with Gasteiger partial charge in [0, 0.05) is 43.7 Å². The molecular weight excluding hydrogens is 442 g/mol. The van der Waals surface area contributed by atoms with Crippen LogP contribution in [0.15, 0.2) is 59.4 Å². The van der Waals surface area contributed by atoms with Gasteiger partial charge in [0.2, 0.25) is 0 Å². The van der Waals surface area contributed by atoms with E-state index in [0.29, 0.717) is 0 Å². The van der Waals surface area contributed by atoms with Gasteiger partial charge in [-0.05, 0) is 17.7 Å². The standard InChI is InChI=1S/C12H15N3O3S.C4H5ClN2O2S/c1-15-8-12(13-9-15)19(16,17)14-7-10-3-5-11(18-2)6-4-10;1-7-2-4(6-3-7)10(5,8)9/h3-6,8-9,14H,7H2,1-2H3;2-3H,1H3. The van der Waals surface area contributed by atoms with Gasteiger partial charge in [0.05, 0.1) is 19.8 Å². The molecule has 158 valence electrons. The van der Waals surface area contributed by atoms with E-state index in [9.17, 15) is 16.8 Å². The summed E-state index contributed by atoms with van der Waals surface area (Å²) in [6.45, 7) is 0.211. The van der Waals surface area contributed by atoms with E-state index in [1.807, 2.05) is 0 Å². The molecule has 2 heterocycles. The molecule has 0 atom stereocenters. The van der Waals surface area contributed by atoms with E-state index in [0.717, 1.165) is 11.3 Å². The van der Waals surface area contributed by atoms with Crippen molar-refractivity contribution in [2.75, 3.05) is 7.11 Å². The molecule has 0 spiro atoms. The highest BCUT2D eigenvalue weighted by atomic mass is 35.7. The first-order valence-corrected chi connectivity index (χ1v) is 11.8. The van der Waals surface area contributed by atoms with Crippen molar-refractivity contribution in [1.82, 2.24) is 23.8 Å². The van der Waals surface area contributed by atoms with Gasteiger partial charge in [-0.2, -0.15) is 0 Å². The first-order chi connectivity index (χ1) is 13.5. The number of sulfonamides is 1. The van der Waals surface area contributed by atoms with Gasteiger partial charge in [0.15, 0.2) is 10.1 Å². The van der Waals surface area contributed by atoms with E-state index < -0.39 is 19.1 Å². The molecule has 0 aliphatic heterocycles. The van der Waals surface area contributed by atoms with Crippen LogP contribution in [0, 0.1) is 0 Å². The lowest BCUT2D eigenvalue weighted by molar-refractivity contribution is 0.414. The van der Waals surface area contributed by atoms with Gasteiger partial charge in [-0.25, -0.2) is 31.5 Å². The summed E-state index contributed by atoms with van der Waals surface area (Å²) in [6.07, 6.45) is 5.61. The van der Waals surface area contributed by atoms with Gasteiger partial charge in [0.1, 0.15) is 5.75 Å². The van der Waals surface area contributed by atoms with Crippen LogP contribution in [-0.4, -0.2) is 43.0 Å². The quantitative estimate of drug-likeness (QED) is 0.547. The van der Waals surface area contributed by atoms with Gasteiger partial charge in [-0.1, -0.05) is 12.1 Å². The predicted octanol–water partition coefficient (Wildman–Crippen LogP) is 1.25. The highest BCUT2D eigenvalue weighted by molar-refractivity contribution is 8.13. The summed E-state index contributed by atoms with van der Waals surface area (Å²) in [5, 5.41) is -0.0971. The average molecular weight is 462 g/mol. The van der Waals surface area contributed by atoms with Crippen molar-refractivity contribution < 1.29 is 21.6 Å². The Balaban J connectivity index is 0.000000253. The lowest BCUT2D eigenvalue weighted by atomic mass is 10.2. The molecule has 0 saturated heterocycles. The van der Waals surface area contributed by atoms with Crippen LogP contribution >= 0.6 is 10.7 Å². The number of ether oxygens (including phenoxy) is 1. The minimum Gasteiger partial charge on any atom is -0.497 e. The zero-order valence-electron chi connectivity index (χ0n) is 15.9. The molecule has 0 amide bonds. The van der Waals surface area contributed by atoms with Crippen molar-refractivity contribution in [2.24, 2.45) is 14.1 Å². The van der Waals surface area contributed by atoms with Crippen LogP contribution in [0.1, 0.15) is 5.56 Å². The third kappa shape index (κ3) is 6.85. The first kappa shape index (κ1) is 22.9. The molecule has 29 heavy (non-hydrogen) atoms. The minimum atomic E-state index is -3.64. The number of benzene rings is 1. The lowest BCUT2D eigenvalue weighted by Gasteiger charge is -2.05. The number of hydrogen-bond acceptors (Lipinski definition) is 7. The van der Waals surface area contributed by atoms with Crippen molar-refractivity contribution in [3.63, 3.8) is 0 Å². The van der Waals surface area contributed by atoms with Crippen molar-refractivity contribution >= 4 is 29.8 Å². The molecule has 0 aliphatic rings. The zero-order chi connectivity index (χ0) is 21.7. The molecule has 13 heteroatoms. The molecule has 10 nitrogen and oxygen atoms in total. The number of imidazole rings is 2. The maximum absolute atomic E-state index is 11.9. The summed E-state index contributed by atoms with van der Waals surface area (Å²) in [7, 11) is 2.73. The average Bonchev–Trinajstić information content (AvgIpc) is 3.30. The monoisotopic (exact) mass is 461 g/mol. The Morgan fingerprint density at radius 1 is 0.966 bits per heavy atom. The zero-order valence-corrected chi connectivity index (χ0v) is 18.2. The van der Waals surface area contributed by atoms with Crippen LogP contribution in [-0.2, 0) is 39.7 Å². The van der Waals surface area contributed by atoms with Crippen LogP contribution in [0.3, 0.4) is 0 Å². The molecule has 1 N–H and O–H groups in total. The smallest absolute Gasteiger partial charge is 0.280 e. The van der Waals surface area contributed by atoms with Gasteiger partial charge < -0.3 is 13.9 Å². The number of aryl methyl sites for hydroxylation is 2. The Labute approximate surface area is 173 Å². The second-order valence-corrected chi connectivity index (χ2v) is 10.1. The van der Waals surface area contributed by atoms with E-state index in [2.05, 4.69) is 14.7 Å². The van der Waals surface area contributed by atoms with Gasteiger partial charge in [0.25, 0.3) is 19.1 Å². The van der Waals surface area contributed by atoms with E-state index >= 15 is 0 Å². The highest BCUT2D eigenvalue weighted by Crippen LogP contribution is 2.12. The fourth-order valence-corrected chi connectivity index (χ4v) is 3.74. The maximum Gasteiger partial charge on any atom is 0.280 e. The van der Waals surface area contributed by atoms with Crippen LogP contribution in [0.25, 0.3) is 0 Å². The number of nitrogens with one attached hydrogen (secondary N) is 1. The third-order valence-corrected chi connectivity index (χ3v) is 5.98. The Bertz CT molecular complexity index is 1150. The number of halogens is 1. The van der Waals surface area contributed by atoms with Crippen LogP contribution < -0.4 is 9.46 Å². The Kier molecular flexibility index (Phi) is 7.41. The second kappa shape index (κ2) is 9.39. The van der Waals surface area contributed by atoms with E-state index in [-0.39, 0.29) is 16.6 Å². The second-order valence-electron chi connectivity index (χ2n) is 5.87. The molecule has 1 aromatic carbocycles. The van der Waals surface area contributed by atoms with Crippen molar-refractivity contribution in [3.8, 4) is 5.75 Å². The van der Waals surface area contributed by atoms with Crippen LogP contribution in [0.4, 0.5) is 0 Å². The largest absolute Gasteiger partial charge is 0.497 e. The van der Waals surface area contributed by atoms with Gasteiger partial charge >= 0.3 is 0 Å². The normalized spacial score (nSPS) is 11.6. The van der Waals surface area contributed by atoms with Gasteiger partial charge in [-0.15, -0.1) is 0 Å². The summed E-state index contributed by atoms with van der Waals surface area (Å²) in [6, 6.07) is 7.17. The van der Waals surface area contributed by atoms with Crippen molar-refractivity contribution in [1.29, 1.82) is 0 Å². The number of aromatic nitrogens is 4. The lowest BCUT2D eigenvalue weighted by Crippen LogP contribution is -2.23. The Morgan fingerprint density at radius 2 is 1.48 bits per heavy atom. The van der Waals surface area contributed by atoms with Crippen LogP contribution in [0.5, 0.6) is 5.75 Å². The topological polar surface area (TPSA) is 125 Å².